The fourth-order valence-electron chi connectivity index (χ4n) is 1.51. The molecule has 0 saturated carbocycles. The van der Waals surface area contributed by atoms with Crippen molar-refractivity contribution < 1.29 is 24.5 Å². The van der Waals surface area contributed by atoms with E-state index in [2.05, 4.69) is 0 Å². The van der Waals surface area contributed by atoms with Gasteiger partial charge in [-0.1, -0.05) is 0 Å². The van der Waals surface area contributed by atoms with Crippen molar-refractivity contribution in [2.75, 3.05) is 13.6 Å². The lowest BCUT2D eigenvalue weighted by atomic mass is 10.1. The van der Waals surface area contributed by atoms with Crippen LogP contribution in [0, 0.1) is 20.2 Å². The van der Waals surface area contributed by atoms with Crippen molar-refractivity contribution in [2.45, 2.75) is 6.42 Å². The normalized spacial score (nSPS) is 9.95. The van der Waals surface area contributed by atoms with Crippen LogP contribution in [0.4, 0.5) is 11.4 Å². The van der Waals surface area contributed by atoms with E-state index in [9.17, 15) is 29.8 Å². The molecule has 10 nitrogen and oxygen atoms in total. The van der Waals surface area contributed by atoms with Gasteiger partial charge in [-0.05, 0) is 0 Å². The molecule has 0 aliphatic heterocycles. The molecule has 0 bridgehead atoms. The Labute approximate surface area is 117 Å². The Kier molecular flexibility index (Phi) is 4.89. The van der Waals surface area contributed by atoms with Gasteiger partial charge in [-0.25, -0.2) is 0 Å². The maximum absolute atomic E-state index is 12.0. The number of aliphatic carboxylic acids is 1. The predicted octanol–water partition coefficient (Wildman–Crippen LogP) is 1.05. The quantitative estimate of drug-likeness (QED) is 0.610. The summed E-state index contributed by atoms with van der Waals surface area (Å²) in [5, 5.41) is 30.0. The van der Waals surface area contributed by atoms with Crippen LogP contribution in [0.2, 0.25) is 0 Å². The number of nitro benzene ring substituents is 2. The molecule has 0 atom stereocenters. The number of hydrogen-bond donors (Lipinski definition) is 1. The van der Waals surface area contributed by atoms with Gasteiger partial charge < -0.3 is 10.0 Å². The van der Waals surface area contributed by atoms with E-state index in [-0.39, 0.29) is 18.5 Å². The molecule has 1 N–H and O–H groups in total. The summed E-state index contributed by atoms with van der Waals surface area (Å²) in [5.74, 6) is -1.84. The number of amides is 1. The van der Waals surface area contributed by atoms with E-state index in [1.54, 1.807) is 0 Å². The minimum absolute atomic E-state index is 0.120. The molecule has 0 radical (unpaired) electrons. The summed E-state index contributed by atoms with van der Waals surface area (Å²) in [5.41, 5.74) is -1.41. The number of carboxylic acids is 1. The highest BCUT2D eigenvalue weighted by atomic mass is 16.6. The molecule has 0 aliphatic carbocycles. The predicted molar refractivity (Wildman–Crippen MR) is 69.0 cm³/mol. The lowest BCUT2D eigenvalue weighted by molar-refractivity contribution is -0.394. The Balaban J connectivity index is 3.10. The fourth-order valence-corrected chi connectivity index (χ4v) is 1.51. The molecular weight excluding hydrogens is 286 g/mol. The summed E-state index contributed by atoms with van der Waals surface area (Å²) < 4.78 is 0. The third-order valence-corrected chi connectivity index (χ3v) is 2.58. The smallest absolute Gasteiger partial charge is 0.305 e. The van der Waals surface area contributed by atoms with Crippen LogP contribution in [-0.4, -0.2) is 45.3 Å². The summed E-state index contributed by atoms with van der Waals surface area (Å²) in [6.45, 7) is -0.120. The van der Waals surface area contributed by atoms with Gasteiger partial charge in [-0.3, -0.25) is 29.8 Å². The van der Waals surface area contributed by atoms with Crippen LogP contribution in [0.15, 0.2) is 18.2 Å². The second kappa shape index (κ2) is 6.41. The molecule has 1 amide bonds. The van der Waals surface area contributed by atoms with E-state index in [1.165, 1.54) is 7.05 Å². The molecule has 0 aliphatic rings. The maximum Gasteiger partial charge on any atom is 0.305 e. The van der Waals surface area contributed by atoms with Crippen molar-refractivity contribution in [1.29, 1.82) is 0 Å². The van der Waals surface area contributed by atoms with E-state index < -0.39 is 33.1 Å². The largest absolute Gasteiger partial charge is 0.481 e. The minimum atomic E-state index is -1.11. The van der Waals surface area contributed by atoms with Crippen molar-refractivity contribution in [3.8, 4) is 0 Å². The number of carboxylic acid groups (broad SMARTS) is 1. The van der Waals surface area contributed by atoms with Gasteiger partial charge in [-0.15, -0.1) is 0 Å². The van der Waals surface area contributed by atoms with Gasteiger partial charge in [0.15, 0.2) is 0 Å². The lowest BCUT2D eigenvalue weighted by Crippen LogP contribution is -2.29. The lowest BCUT2D eigenvalue weighted by Gasteiger charge is -2.15. The molecule has 1 rings (SSSR count). The highest BCUT2D eigenvalue weighted by Crippen LogP contribution is 2.23. The van der Waals surface area contributed by atoms with Crippen LogP contribution in [0.25, 0.3) is 0 Å². The molecule has 21 heavy (non-hydrogen) atoms. The van der Waals surface area contributed by atoms with Crippen LogP contribution >= 0.6 is 0 Å². The Morgan fingerprint density at radius 2 is 1.62 bits per heavy atom. The van der Waals surface area contributed by atoms with Crippen molar-refractivity contribution >= 4 is 23.3 Å². The van der Waals surface area contributed by atoms with Crippen LogP contribution in [0.3, 0.4) is 0 Å². The molecule has 0 unspecified atom stereocenters. The van der Waals surface area contributed by atoms with Crippen LogP contribution in [0.1, 0.15) is 16.8 Å². The van der Waals surface area contributed by atoms with Gasteiger partial charge in [-0.2, -0.15) is 0 Å². The molecule has 1 aromatic carbocycles. The topological polar surface area (TPSA) is 144 Å². The van der Waals surface area contributed by atoms with Gasteiger partial charge in [0.05, 0.1) is 27.9 Å². The molecule has 10 heteroatoms. The van der Waals surface area contributed by atoms with Crippen LogP contribution in [0.5, 0.6) is 0 Å². The zero-order valence-corrected chi connectivity index (χ0v) is 10.9. The van der Waals surface area contributed by atoms with Crippen molar-refractivity contribution in [1.82, 2.24) is 4.90 Å². The molecular formula is C11H11N3O7. The fraction of sp³-hybridized carbons (Fsp3) is 0.273. The standard InChI is InChI=1S/C11H11N3O7/c1-12(3-2-10(15)16)11(17)7-4-8(13(18)19)6-9(5-7)14(20)21/h4-6H,2-3H2,1H3,(H,15,16). The third-order valence-electron chi connectivity index (χ3n) is 2.58. The average Bonchev–Trinajstić information content (AvgIpc) is 2.43. The Morgan fingerprint density at radius 1 is 1.14 bits per heavy atom. The molecule has 0 fully saturated rings. The van der Waals surface area contributed by atoms with Crippen LogP contribution < -0.4 is 0 Å². The molecule has 0 aromatic heterocycles. The maximum atomic E-state index is 12.0. The molecule has 0 saturated heterocycles. The first-order chi connectivity index (χ1) is 9.72. The molecule has 0 heterocycles. The Hall–Kier alpha value is -3.04. The first kappa shape index (κ1) is 16.0. The third kappa shape index (κ3) is 4.23. The van der Waals surface area contributed by atoms with Gasteiger partial charge in [0, 0.05) is 25.7 Å². The Morgan fingerprint density at radius 3 is 2.00 bits per heavy atom. The van der Waals surface area contributed by atoms with Gasteiger partial charge in [0.2, 0.25) is 0 Å². The summed E-state index contributed by atoms with van der Waals surface area (Å²) in [7, 11) is 1.30. The number of nitro groups is 2. The average molecular weight is 297 g/mol. The van der Waals surface area contributed by atoms with Gasteiger partial charge in [0.1, 0.15) is 0 Å². The number of carbonyl (C=O) groups is 2. The number of nitrogens with zero attached hydrogens (tertiary/aromatic N) is 3. The van der Waals surface area contributed by atoms with E-state index in [4.69, 9.17) is 5.11 Å². The number of benzene rings is 1. The summed E-state index contributed by atoms with van der Waals surface area (Å²) in [6.07, 6.45) is -0.306. The summed E-state index contributed by atoms with van der Waals surface area (Å²) in [6, 6.07) is 2.56. The van der Waals surface area contributed by atoms with Gasteiger partial charge in [0.25, 0.3) is 17.3 Å². The minimum Gasteiger partial charge on any atom is -0.481 e. The monoisotopic (exact) mass is 297 g/mol. The summed E-state index contributed by atoms with van der Waals surface area (Å²) in [4.78, 5) is 43.2. The highest BCUT2D eigenvalue weighted by molar-refractivity contribution is 5.95. The van der Waals surface area contributed by atoms with E-state index in [1.807, 2.05) is 0 Å². The molecule has 0 spiro atoms. The zero-order valence-electron chi connectivity index (χ0n) is 10.9. The number of hydrogen-bond acceptors (Lipinski definition) is 6. The second-order valence-corrected chi connectivity index (χ2v) is 4.12. The first-order valence-electron chi connectivity index (χ1n) is 5.63. The highest BCUT2D eigenvalue weighted by Gasteiger charge is 2.21. The number of non-ortho nitro benzene ring substituents is 2. The molecule has 112 valence electrons. The SMILES string of the molecule is CN(CCC(=O)O)C(=O)c1cc([N+](=O)[O-])cc([N+](=O)[O-])c1. The van der Waals surface area contributed by atoms with Gasteiger partial charge >= 0.3 is 5.97 Å². The van der Waals surface area contributed by atoms with Crippen molar-refractivity contribution in [3.05, 3.63) is 44.0 Å². The van der Waals surface area contributed by atoms with E-state index in [0.717, 1.165) is 23.1 Å². The van der Waals surface area contributed by atoms with E-state index in [0.29, 0.717) is 0 Å². The first-order valence-corrected chi connectivity index (χ1v) is 5.63. The van der Waals surface area contributed by atoms with Crippen molar-refractivity contribution in [3.63, 3.8) is 0 Å². The number of rotatable bonds is 6. The zero-order chi connectivity index (χ0) is 16.2. The second-order valence-electron chi connectivity index (χ2n) is 4.12. The molecule has 1 aromatic rings. The van der Waals surface area contributed by atoms with Crippen LogP contribution in [-0.2, 0) is 4.79 Å². The summed E-state index contributed by atoms with van der Waals surface area (Å²) >= 11 is 0. The van der Waals surface area contributed by atoms with E-state index >= 15 is 0 Å². The number of carbonyl (C=O) groups excluding carboxylic acids is 1. The Bertz CT molecular complexity index is 582. The van der Waals surface area contributed by atoms with Crippen molar-refractivity contribution in [2.24, 2.45) is 0 Å².